The van der Waals surface area contributed by atoms with Crippen LogP contribution in [0.15, 0.2) is 42.5 Å². The van der Waals surface area contributed by atoms with Crippen molar-refractivity contribution in [2.24, 2.45) is 0 Å². The SMILES string of the molecule is O=C(O)CCc1cccc(CNCc2ccc3c(c2)OCO3)c1. The van der Waals surface area contributed by atoms with Crippen molar-refractivity contribution in [3.63, 3.8) is 0 Å². The molecule has 1 aliphatic rings. The number of aliphatic carboxylic acids is 1. The van der Waals surface area contributed by atoms with Gasteiger partial charge in [0.05, 0.1) is 0 Å². The lowest BCUT2D eigenvalue weighted by Gasteiger charge is -2.08. The van der Waals surface area contributed by atoms with Crippen LogP contribution in [0.3, 0.4) is 0 Å². The molecule has 0 saturated carbocycles. The minimum absolute atomic E-state index is 0.161. The Kier molecular flexibility index (Phi) is 4.78. The largest absolute Gasteiger partial charge is 0.481 e. The maximum absolute atomic E-state index is 10.6. The van der Waals surface area contributed by atoms with E-state index in [0.717, 1.165) is 41.3 Å². The number of carboxylic acid groups (broad SMARTS) is 1. The molecule has 0 radical (unpaired) electrons. The van der Waals surface area contributed by atoms with Gasteiger partial charge in [0, 0.05) is 19.5 Å². The van der Waals surface area contributed by atoms with Gasteiger partial charge in [-0.05, 0) is 35.2 Å². The fraction of sp³-hybridized carbons (Fsp3) is 0.278. The zero-order valence-electron chi connectivity index (χ0n) is 12.7. The number of hydrogen-bond acceptors (Lipinski definition) is 4. The summed E-state index contributed by atoms with van der Waals surface area (Å²) < 4.78 is 10.7. The number of ether oxygens (including phenoxy) is 2. The molecule has 0 spiro atoms. The monoisotopic (exact) mass is 313 g/mol. The van der Waals surface area contributed by atoms with Crippen LogP contribution in [-0.2, 0) is 24.3 Å². The van der Waals surface area contributed by atoms with Gasteiger partial charge in [-0.1, -0.05) is 30.3 Å². The average molecular weight is 313 g/mol. The molecule has 3 rings (SSSR count). The number of benzene rings is 2. The van der Waals surface area contributed by atoms with Crippen LogP contribution in [0.1, 0.15) is 23.1 Å². The molecule has 0 fully saturated rings. The van der Waals surface area contributed by atoms with Crippen LogP contribution in [0.4, 0.5) is 0 Å². The Bertz CT molecular complexity index is 699. The first kappa shape index (κ1) is 15.4. The van der Waals surface area contributed by atoms with Crippen molar-refractivity contribution in [1.29, 1.82) is 0 Å². The summed E-state index contributed by atoms with van der Waals surface area (Å²) in [5.74, 6) is 0.816. The Balaban J connectivity index is 1.52. The predicted molar refractivity (Wildman–Crippen MR) is 85.5 cm³/mol. The molecule has 0 amide bonds. The van der Waals surface area contributed by atoms with Gasteiger partial charge < -0.3 is 19.9 Å². The number of hydrogen-bond donors (Lipinski definition) is 2. The summed E-state index contributed by atoms with van der Waals surface area (Å²) in [6, 6.07) is 13.9. The van der Waals surface area contributed by atoms with Crippen LogP contribution in [0.25, 0.3) is 0 Å². The quantitative estimate of drug-likeness (QED) is 0.822. The van der Waals surface area contributed by atoms with E-state index in [4.69, 9.17) is 14.6 Å². The number of nitrogens with one attached hydrogen (secondary N) is 1. The molecule has 0 bridgehead atoms. The fourth-order valence-corrected chi connectivity index (χ4v) is 2.55. The van der Waals surface area contributed by atoms with Crippen LogP contribution in [0.5, 0.6) is 11.5 Å². The molecule has 0 atom stereocenters. The molecule has 2 N–H and O–H groups in total. The highest BCUT2D eigenvalue weighted by molar-refractivity contribution is 5.67. The maximum atomic E-state index is 10.6. The van der Waals surface area contributed by atoms with Crippen LogP contribution in [-0.4, -0.2) is 17.9 Å². The molecule has 5 heteroatoms. The molecular weight excluding hydrogens is 294 g/mol. The van der Waals surface area contributed by atoms with Crippen molar-refractivity contribution in [3.8, 4) is 11.5 Å². The molecule has 120 valence electrons. The zero-order chi connectivity index (χ0) is 16.1. The standard InChI is InChI=1S/C18H19NO4/c20-18(21)7-5-13-2-1-3-14(8-13)10-19-11-15-4-6-16-17(9-15)23-12-22-16/h1-4,6,8-9,19H,5,7,10-12H2,(H,20,21). The van der Waals surface area contributed by atoms with Crippen molar-refractivity contribution < 1.29 is 19.4 Å². The first-order valence-electron chi connectivity index (χ1n) is 7.59. The summed E-state index contributed by atoms with van der Waals surface area (Å²) in [5.41, 5.74) is 3.33. The van der Waals surface area contributed by atoms with E-state index in [9.17, 15) is 4.79 Å². The second-order valence-electron chi connectivity index (χ2n) is 5.50. The molecule has 5 nitrogen and oxygen atoms in total. The Hall–Kier alpha value is -2.53. The van der Waals surface area contributed by atoms with Crippen molar-refractivity contribution in [3.05, 3.63) is 59.2 Å². The minimum Gasteiger partial charge on any atom is -0.481 e. The molecular formula is C18H19NO4. The first-order valence-corrected chi connectivity index (χ1v) is 7.59. The lowest BCUT2D eigenvalue weighted by atomic mass is 10.1. The smallest absolute Gasteiger partial charge is 0.303 e. The molecule has 2 aromatic rings. The van der Waals surface area contributed by atoms with Crippen LogP contribution in [0, 0.1) is 0 Å². The van der Waals surface area contributed by atoms with Gasteiger partial charge in [0.2, 0.25) is 6.79 Å². The van der Waals surface area contributed by atoms with E-state index in [1.807, 2.05) is 36.4 Å². The second kappa shape index (κ2) is 7.15. The highest BCUT2D eigenvalue weighted by Gasteiger charge is 2.12. The third-order valence-corrected chi connectivity index (χ3v) is 3.71. The van der Waals surface area contributed by atoms with Gasteiger partial charge in [-0.3, -0.25) is 4.79 Å². The summed E-state index contributed by atoms with van der Waals surface area (Å²) >= 11 is 0. The van der Waals surface area contributed by atoms with Crippen molar-refractivity contribution in [1.82, 2.24) is 5.32 Å². The number of aryl methyl sites for hydroxylation is 1. The number of fused-ring (bicyclic) bond motifs is 1. The van der Waals surface area contributed by atoms with E-state index in [-0.39, 0.29) is 13.2 Å². The lowest BCUT2D eigenvalue weighted by molar-refractivity contribution is -0.136. The highest BCUT2D eigenvalue weighted by atomic mass is 16.7. The van der Waals surface area contributed by atoms with Crippen LogP contribution < -0.4 is 14.8 Å². The summed E-state index contributed by atoms with van der Waals surface area (Å²) in [6.45, 7) is 1.75. The van der Waals surface area contributed by atoms with Crippen molar-refractivity contribution >= 4 is 5.97 Å². The average Bonchev–Trinajstić information content (AvgIpc) is 3.01. The van der Waals surface area contributed by atoms with Gasteiger partial charge >= 0.3 is 5.97 Å². The van der Waals surface area contributed by atoms with Crippen LogP contribution in [0.2, 0.25) is 0 Å². The number of carboxylic acids is 1. The van der Waals surface area contributed by atoms with E-state index in [1.165, 1.54) is 0 Å². The minimum atomic E-state index is -0.767. The van der Waals surface area contributed by atoms with E-state index in [2.05, 4.69) is 11.4 Å². The summed E-state index contributed by atoms with van der Waals surface area (Å²) in [7, 11) is 0. The van der Waals surface area contributed by atoms with Gasteiger partial charge in [-0.2, -0.15) is 0 Å². The first-order chi connectivity index (χ1) is 11.2. The molecule has 0 unspecified atom stereocenters. The van der Waals surface area contributed by atoms with Crippen LogP contribution >= 0.6 is 0 Å². The number of rotatable bonds is 7. The van der Waals surface area contributed by atoms with Gasteiger partial charge in [-0.15, -0.1) is 0 Å². The summed E-state index contributed by atoms with van der Waals surface area (Å²) in [5, 5.41) is 12.1. The summed E-state index contributed by atoms with van der Waals surface area (Å²) in [6.07, 6.45) is 0.722. The Morgan fingerprint density at radius 2 is 1.74 bits per heavy atom. The second-order valence-corrected chi connectivity index (χ2v) is 5.50. The van der Waals surface area contributed by atoms with Gasteiger partial charge in [0.25, 0.3) is 0 Å². The van der Waals surface area contributed by atoms with E-state index >= 15 is 0 Å². The highest BCUT2D eigenvalue weighted by Crippen LogP contribution is 2.32. The Morgan fingerprint density at radius 1 is 1.00 bits per heavy atom. The molecule has 0 aliphatic carbocycles. The Labute approximate surface area is 134 Å². The predicted octanol–water partition coefficient (Wildman–Crippen LogP) is 2.72. The summed E-state index contributed by atoms with van der Waals surface area (Å²) in [4.78, 5) is 10.6. The topological polar surface area (TPSA) is 67.8 Å². The molecule has 0 aromatic heterocycles. The van der Waals surface area contributed by atoms with Gasteiger partial charge in [-0.25, -0.2) is 0 Å². The van der Waals surface area contributed by atoms with E-state index in [1.54, 1.807) is 0 Å². The van der Waals surface area contributed by atoms with Crippen molar-refractivity contribution in [2.75, 3.05) is 6.79 Å². The van der Waals surface area contributed by atoms with Crippen molar-refractivity contribution in [2.45, 2.75) is 25.9 Å². The third-order valence-electron chi connectivity index (χ3n) is 3.71. The lowest BCUT2D eigenvalue weighted by Crippen LogP contribution is -2.12. The number of carbonyl (C=O) groups is 1. The molecule has 1 heterocycles. The molecule has 1 aliphatic heterocycles. The Morgan fingerprint density at radius 3 is 2.57 bits per heavy atom. The zero-order valence-corrected chi connectivity index (χ0v) is 12.7. The fourth-order valence-electron chi connectivity index (χ4n) is 2.55. The molecule has 0 saturated heterocycles. The normalized spacial score (nSPS) is 12.3. The van der Waals surface area contributed by atoms with Gasteiger partial charge in [0.1, 0.15) is 0 Å². The molecule has 2 aromatic carbocycles. The third kappa shape index (κ3) is 4.23. The van der Waals surface area contributed by atoms with E-state index < -0.39 is 5.97 Å². The maximum Gasteiger partial charge on any atom is 0.303 e. The van der Waals surface area contributed by atoms with Gasteiger partial charge in [0.15, 0.2) is 11.5 Å². The molecule has 23 heavy (non-hydrogen) atoms. The van der Waals surface area contributed by atoms with E-state index in [0.29, 0.717) is 6.42 Å².